The van der Waals surface area contributed by atoms with E-state index < -0.39 is 0 Å². The number of hydrogen-bond acceptors (Lipinski definition) is 3. The highest BCUT2D eigenvalue weighted by atomic mass is 16.1. The lowest BCUT2D eigenvalue weighted by Gasteiger charge is -2.28. The Morgan fingerprint density at radius 2 is 1.93 bits per heavy atom. The Morgan fingerprint density at radius 1 is 1.36 bits per heavy atom. The zero-order valence-electron chi connectivity index (χ0n) is 9.49. The van der Waals surface area contributed by atoms with Gasteiger partial charge in [0.05, 0.1) is 6.04 Å². The fourth-order valence-electron chi connectivity index (χ4n) is 1.39. The zero-order chi connectivity index (χ0) is 11.1. The van der Waals surface area contributed by atoms with Crippen molar-refractivity contribution in [2.75, 3.05) is 13.6 Å². The van der Waals surface area contributed by atoms with Gasteiger partial charge in [0.1, 0.15) is 0 Å². The topological polar surface area (TPSA) is 72.3 Å². The van der Waals surface area contributed by atoms with Gasteiger partial charge in [0.25, 0.3) is 0 Å². The monoisotopic (exact) mass is 201 g/mol. The molecule has 0 aromatic carbocycles. The van der Waals surface area contributed by atoms with Gasteiger partial charge in [-0.15, -0.1) is 0 Å². The van der Waals surface area contributed by atoms with E-state index >= 15 is 0 Å². The number of nitrogens with zero attached hydrogens (tertiary/aromatic N) is 1. The minimum absolute atomic E-state index is 0.151. The fraction of sp³-hybridized carbons (Fsp3) is 0.900. The van der Waals surface area contributed by atoms with Crippen LogP contribution in [-0.2, 0) is 4.79 Å². The van der Waals surface area contributed by atoms with E-state index in [9.17, 15) is 4.79 Å². The highest BCUT2D eigenvalue weighted by molar-refractivity contribution is 5.79. The maximum Gasteiger partial charge on any atom is 0.234 e. The molecule has 4 heteroatoms. The molecule has 0 rings (SSSR count). The molecule has 0 heterocycles. The number of primary amides is 1. The van der Waals surface area contributed by atoms with Gasteiger partial charge in [0.2, 0.25) is 5.91 Å². The molecule has 0 unspecified atom stereocenters. The van der Waals surface area contributed by atoms with E-state index in [0.29, 0.717) is 12.6 Å². The molecule has 0 radical (unpaired) electrons. The molecule has 0 spiro atoms. The van der Waals surface area contributed by atoms with Gasteiger partial charge in [0, 0.05) is 6.04 Å². The molecular weight excluding hydrogens is 178 g/mol. The second-order valence-electron chi connectivity index (χ2n) is 3.96. The molecule has 0 aromatic rings. The Hall–Kier alpha value is -0.610. The van der Waals surface area contributed by atoms with Gasteiger partial charge < -0.3 is 11.5 Å². The van der Waals surface area contributed by atoms with Gasteiger partial charge in [-0.3, -0.25) is 9.69 Å². The van der Waals surface area contributed by atoms with Crippen LogP contribution >= 0.6 is 0 Å². The zero-order valence-corrected chi connectivity index (χ0v) is 9.49. The molecule has 84 valence electrons. The molecule has 0 aliphatic carbocycles. The van der Waals surface area contributed by atoms with Crippen molar-refractivity contribution in [3.63, 3.8) is 0 Å². The van der Waals surface area contributed by atoms with Crippen LogP contribution in [0.4, 0.5) is 0 Å². The van der Waals surface area contributed by atoms with Gasteiger partial charge in [-0.1, -0.05) is 6.42 Å². The SMILES string of the molecule is CC(C)N(C)[C@@H](CCCCN)C(N)=O. The summed E-state index contributed by atoms with van der Waals surface area (Å²) in [7, 11) is 1.93. The predicted molar refractivity (Wildman–Crippen MR) is 58.8 cm³/mol. The molecule has 0 fully saturated rings. The predicted octanol–water partition coefficient (Wildman–Crippen LogP) is 0.310. The molecule has 4 nitrogen and oxygen atoms in total. The molecular formula is C10H23N3O. The number of carbonyl (C=O) groups is 1. The van der Waals surface area contributed by atoms with Crippen LogP contribution in [0.15, 0.2) is 0 Å². The molecule has 0 aromatic heterocycles. The molecule has 0 saturated heterocycles. The summed E-state index contributed by atoms with van der Waals surface area (Å²) in [5, 5.41) is 0. The Bertz CT molecular complexity index is 171. The van der Waals surface area contributed by atoms with Crippen LogP contribution in [0.5, 0.6) is 0 Å². The van der Waals surface area contributed by atoms with Crippen LogP contribution in [0.3, 0.4) is 0 Å². The van der Waals surface area contributed by atoms with Crippen molar-refractivity contribution in [1.82, 2.24) is 4.90 Å². The first kappa shape index (κ1) is 13.4. The molecule has 0 bridgehead atoms. The summed E-state index contributed by atoms with van der Waals surface area (Å²) in [6.45, 7) is 4.79. The summed E-state index contributed by atoms with van der Waals surface area (Å²) in [6, 6.07) is 0.187. The number of carbonyl (C=O) groups excluding carboxylic acids is 1. The molecule has 1 amide bonds. The summed E-state index contributed by atoms with van der Waals surface area (Å²) < 4.78 is 0. The largest absolute Gasteiger partial charge is 0.368 e. The number of likely N-dealkylation sites (N-methyl/N-ethyl adjacent to an activating group) is 1. The average Bonchev–Trinajstić information content (AvgIpc) is 2.10. The van der Waals surface area contributed by atoms with Crippen molar-refractivity contribution in [3.8, 4) is 0 Å². The lowest BCUT2D eigenvalue weighted by atomic mass is 10.1. The summed E-state index contributed by atoms with van der Waals surface area (Å²) in [5.74, 6) is -0.238. The third-order valence-corrected chi connectivity index (χ3v) is 2.57. The first-order valence-corrected chi connectivity index (χ1v) is 5.22. The summed E-state index contributed by atoms with van der Waals surface area (Å²) in [4.78, 5) is 13.2. The lowest BCUT2D eigenvalue weighted by Crippen LogP contribution is -2.45. The van der Waals surface area contributed by atoms with Gasteiger partial charge >= 0.3 is 0 Å². The fourth-order valence-corrected chi connectivity index (χ4v) is 1.39. The van der Waals surface area contributed by atoms with Crippen LogP contribution in [-0.4, -0.2) is 36.5 Å². The summed E-state index contributed by atoms with van der Waals surface area (Å²) in [5.41, 5.74) is 10.7. The van der Waals surface area contributed by atoms with Crippen LogP contribution in [0.1, 0.15) is 33.1 Å². The number of hydrogen-bond donors (Lipinski definition) is 2. The Morgan fingerprint density at radius 3 is 2.29 bits per heavy atom. The van der Waals surface area contributed by atoms with Gasteiger partial charge in [-0.2, -0.15) is 0 Å². The van der Waals surface area contributed by atoms with E-state index in [4.69, 9.17) is 11.5 Å². The minimum atomic E-state index is -0.238. The van der Waals surface area contributed by atoms with E-state index in [1.54, 1.807) is 0 Å². The van der Waals surface area contributed by atoms with Gasteiger partial charge in [-0.25, -0.2) is 0 Å². The second kappa shape index (κ2) is 6.79. The number of unbranched alkanes of at least 4 members (excludes halogenated alkanes) is 1. The molecule has 4 N–H and O–H groups in total. The van der Waals surface area contributed by atoms with Gasteiger partial charge in [0.15, 0.2) is 0 Å². The van der Waals surface area contributed by atoms with Crippen molar-refractivity contribution in [1.29, 1.82) is 0 Å². The summed E-state index contributed by atoms with van der Waals surface area (Å²) in [6.07, 6.45) is 2.72. The second-order valence-corrected chi connectivity index (χ2v) is 3.96. The third kappa shape index (κ3) is 4.58. The normalized spacial score (nSPS) is 13.6. The smallest absolute Gasteiger partial charge is 0.234 e. The van der Waals surface area contributed by atoms with Crippen molar-refractivity contribution >= 4 is 5.91 Å². The first-order valence-electron chi connectivity index (χ1n) is 5.22. The van der Waals surface area contributed by atoms with Gasteiger partial charge in [-0.05, 0) is 40.3 Å². The number of rotatable bonds is 7. The lowest BCUT2D eigenvalue weighted by molar-refractivity contribution is -0.123. The van der Waals surface area contributed by atoms with Crippen LogP contribution in [0, 0.1) is 0 Å². The van der Waals surface area contributed by atoms with Crippen LogP contribution in [0.25, 0.3) is 0 Å². The van der Waals surface area contributed by atoms with E-state index in [0.717, 1.165) is 19.3 Å². The molecule has 0 aliphatic heterocycles. The quantitative estimate of drug-likeness (QED) is 0.582. The third-order valence-electron chi connectivity index (χ3n) is 2.57. The van der Waals surface area contributed by atoms with Crippen molar-refractivity contribution < 1.29 is 4.79 Å². The maximum atomic E-state index is 11.2. The summed E-state index contributed by atoms with van der Waals surface area (Å²) >= 11 is 0. The van der Waals surface area contributed by atoms with E-state index in [1.165, 1.54) is 0 Å². The molecule has 0 aliphatic rings. The highest BCUT2D eigenvalue weighted by Gasteiger charge is 2.21. The van der Waals surface area contributed by atoms with E-state index in [1.807, 2.05) is 11.9 Å². The van der Waals surface area contributed by atoms with Crippen LogP contribution < -0.4 is 11.5 Å². The standard InChI is InChI=1S/C10H23N3O/c1-8(2)13(3)9(10(12)14)6-4-5-7-11/h8-9H,4-7,11H2,1-3H3,(H2,12,14)/t9-/m0/s1. The Kier molecular flexibility index (Phi) is 6.49. The first-order chi connectivity index (χ1) is 6.50. The minimum Gasteiger partial charge on any atom is -0.368 e. The number of amides is 1. The highest BCUT2D eigenvalue weighted by Crippen LogP contribution is 2.09. The number of nitrogens with two attached hydrogens (primary N) is 2. The maximum absolute atomic E-state index is 11.2. The van der Waals surface area contributed by atoms with E-state index in [-0.39, 0.29) is 11.9 Å². The molecule has 14 heavy (non-hydrogen) atoms. The van der Waals surface area contributed by atoms with Crippen molar-refractivity contribution in [3.05, 3.63) is 0 Å². The molecule has 1 atom stereocenters. The van der Waals surface area contributed by atoms with E-state index in [2.05, 4.69) is 13.8 Å². The Balaban J connectivity index is 4.08. The Labute approximate surface area is 86.6 Å². The molecule has 0 saturated carbocycles. The van der Waals surface area contributed by atoms with Crippen molar-refractivity contribution in [2.24, 2.45) is 11.5 Å². The average molecular weight is 201 g/mol. The van der Waals surface area contributed by atoms with Crippen LogP contribution in [0.2, 0.25) is 0 Å². The van der Waals surface area contributed by atoms with Crippen molar-refractivity contribution in [2.45, 2.75) is 45.2 Å².